The van der Waals surface area contributed by atoms with E-state index in [4.69, 9.17) is 5.73 Å². The van der Waals surface area contributed by atoms with Crippen molar-refractivity contribution in [2.45, 2.75) is 25.4 Å². The quantitative estimate of drug-likeness (QED) is 0.759. The summed E-state index contributed by atoms with van der Waals surface area (Å²) in [5.74, 6) is -0.650. The molecule has 126 valence electrons. The van der Waals surface area contributed by atoms with E-state index in [0.29, 0.717) is 6.42 Å². The van der Waals surface area contributed by atoms with Gasteiger partial charge in [0, 0.05) is 0 Å². The fourth-order valence-electron chi connectivity index (χ4n) is 2.37. The zero-order valence-corrected chi connectivity index (χ0v) is 13.3. The van der Waals surface area contributed by atoms with Gasteiger partial charge in [-0.1, -0.05) is 42.5 Å². The fourth-order valence-corrected chi connectivity index (χ4v) is 2.37. The van der Waals surface area contributed by atoms with Gasteiger partial charge in [0.25, 0.3) is 0 Å². The maximum absolute atomic E-state index is 13.1. The van der Waals surface area contributed by atoms with E-state index in [1.165, 1.54) is 12.1 Å². The molecule has 0 saturated heterocycles. The number of primary amides is 1. The molecular weight excluding hydrogens is 309 g/mol. The van der Waals surface area contributed by atoms with Crippen LogP contribution in [0.5, 0.6) is 0 Å². The molecule has 3 amide bonds. The van der Waals surface area contributed by atoms with Gasteiger partial charge < -0.3 is 16.4 Å². The summed E-state index contributed by atoms with van der Waals surface area (Å²) in [6, 6.07) is 13.8. The Bertz CT molecular complexity index is 689. The van der Waals surface area contributed by atoms with E-state index in [9.17, 15) is 14.0 Å². The molecule has 2 aromatic carbocycles. The van der Waals surface area contributed by atoms with Crippen LogP contribution in [-0.4, -0.2) is 18.0 Å². The molecular formula is C18H20FN3O2. The van der Waals surface area contributed by atoms with Crippen molar-refractivity contribution >= 4 is 11.9 Å². The number of carbonyl (C=O) groups excluding carboxylic acids is 2. The summed E-state index contributed by atoms with van der Waals surface area (Å²) in [6.45, 7) is 1.56. The summed E-state index contributed by atoms with van der Waals surface area (Å²) in [6.07, 6.45) is 0.499. The highest BCUT2D eigenvalue weighted by molar-refractivity contribution is 5.86. The Morgan fingerprint density at radius 3 is 2.25 bits per heavy atom. The maximum Gasteiger partial charge on any atom is 0.312 e. The lowest BCUT2D eigenvalue weighted by atomic mass is 9.98. The molecule has 4 N–H and O–H groups in total. The number of nitrogens with one attached hydrogen (secondary N) is 2. The van der Waals surface area contributed by atoms with E-state index in [1.807, 2.05) is 30.3 Å². The molecule has 0 unspecified atom stereocenters. The Kier molecular flexibility index (Phi) is 5.89. The fraction of sp³-hybridized carbons (Fsp3) is 0.222. The molecule has 0 aliphatic heterocycles. The Balaban J connectivity index is 2.15. The summed E-state index contributed by atoms with van der Waals surface area (Å²) < 4.78 is 13.1. The van der Waals surface area contributed by atoms with E-state index in [-0.39, 0.29) is 17.8 Å². The first-order chi connectivity index (χ1) is 11.5. The van der Waals surface area contributed by atoms with E-state index < -0.39 is 12.1 Å². The Labute approximate surface area is 140 Å². The highest BCUT2D eigenvalue weighted by Crippen LogP contribution is 2.19. The zero-order chi connectivity index (χ0) is 17.5. The number of benzene rings is 2. The molecule has 2 rings (SSSR count). The van der Waals surface area contributed by atoms with Crippen LogP contribution in [-0.2, 0) is 11.2 Å². The molecule has 5 nitrogen and oxygen atoms in total. The molecule has 24 heavy (non-hydrogen) atoms. The first kappa shape index (κ1) is 17.5. The second-order valence-corrected chi connectivity index (χ2v) is 5.53. The number of carbonyl (C=O) groups is 2. The minimum Gasteiger partial charge on any atom is -0.352 e. The number of hydrogen-bond donors (Lipinski definition) is 3. The lowest BCUT2D eigenvalue weighted by Gasteiger charge is -2.22. The van der Waals surface area contributed by atoms with Gasteiger partial charge in [-0.05, 0) is 36.6 Å². The van der Waals surface area contributed by atoms with Crippen molar-refractivity contribution in [1.29, 1.82) is 0 Å². The lowest BCUT2D eigenvalue weighted by molar-refractivity contribution is -0.123. The van der Waals surface area contributed by atoms with Crippen LogP contribution in [0.4, 0.5) is 9.18 Å². The molecule has 0 spiro atoms. The van der Waals surface area contributed by atoms with Gasteiger partial charge >= 0.3 is 6.03 Å². The predicted molar refractivity (Wildman–Crippen MR) is 89.6 cm³/mol. The SMILES string of the molecule is C[C@H](NC(N)=O)C(=O)N[C@H](Cc1ccc(F)cc1)c1ccccc1. The third-order valence-corrected chi connectivity index (χ3v) is 3.62. The third kappa shape index (κ3) is 5.08. The minimum absolute atomic E-state index is 0.304. The van der Waals surface area contributed by atoms with Gasteiger partial charge in [0.05, 0.1) is 6.04 Å². The molecule has 2 atom stereocenters. The molecule has 6 heteroatoms. The number of rotatable bonds is 6. The van der Waals surface area contributed by atoms with Gasteiger partial charge in [0.2, 0.25) is 5.91 Å². The average molecular weight is 329 g/mol. The maximum atomic E-state index is 13.1. The Hall–Kier alpha value is -2.89. The number of hydrogen-bond acceptors (Lipinski definition) is 2. The molecule has 0 heterocycles. The van der Waals surface area contributed by atoms with Crippen LogP contribution in [0, 0.1) is 5.82 Å². The molecule has 0 aromatic heterocycles. The van der Waals surface area contributed by atoms with Crippen molar-refractivity contribution in [3.63, 3.8) is 0 Å². The van der Waals surface area contributed by atoms with Crippen molar-refractivity contribution in [3.8, 4) is 0 Å². The van der Waals surface area contributed by atoms with E-state index in [0.717, 1.165) is 11.1 Å². The molecule has 0 fully saturated rings. The number of halogens is 1. The normalized spacial score (nSPS) is 12.9. The van der Waals surface area contributed by atoms with Crippen LogP contribution in [0.1, 0.15) is 24.1 Å². The van der Waals surface area contributed by atoms with Crippen molar-refractivity contribution in [2.24, 2.45) is 5.73 Å². The smallest absolute Gasteiger partial charge is 0.312 e. The Morgan fingerprint density at radius 2 is 1.67 bits per heavy atom. The number of urea groups is 1. The van der Waals surface area contributed by atoms with Crippen molar-refractivity contribution < 1.29 is 14.0 Å². The molecule has 0 radical (unpaired) electrons. The highest BCUT2D eigenvalue weighted by atomic mass is 19.1. The Morgan fingerprint density at radius 1 is 1.04 bits per heavy atom. The summed E-state index contributed by atoms with van der Waals surface area (Å²) in [5.41, 5.74) is 6.85. The first-order valence-corrected chi connectivity index (χ1v) is 7.61. The lowest BCUT2D eigenvalue weighted by Crippen LogP contribution is -2.47. The van der Waals surface area contributed by atoms with Gasteiger partial charge in [0.1, 0.15) is 11.9 Å². The minimum atomic E-state index is -0.757. The van der Waals surface area contributed by atoms with Crippen LogP contribution in [0.3, 0.4) is 0 Å². The number of amides is 3. The molecule has 0 saturated carbocycles. The van der Waals surface area contributed by atoms with Crippen LogP contribution < -0.4 is 16.4 Å². The highest BCUT2D eigenvalue weighted by Gasteiger charge is 2.20. The first-order valence-electron chi connectivity index (χ1n) is 7.61. The second-order valence-electron chi connectivity index (χ2n) is 5.53. The van der Waals surface area contributed by atoms with Crippen LogP contribution in [0.2, 0.25) is 0 Å². The van der Waals surface area contributed by atoms with Gasteiger partial charge in [-0.15, -0.1) is 0 Å². The summed E-state index contributed by atoms with van der Waals surface area (Å²) in [7, 11) is 0. The van der Waals surface area contributed by atoms with Gasteiger partial charge in [-0.2, -0.15) is 0 Å². The van der Waals surface area contributed by atoms with E-state index >= 15 is 0 Å². The topological polar surface area (TPSA) is 84.2 Å². The number of nitrogens with two attached hydrogens (primary N) is 1. The largest absolute Gasteiger partial charge is 0.352 e. The van der Waals surface area contributed by atoms with Gasteiger partial charge in [-0.3, -0.25) is 4.79 Å². The van der Waals surface area contributed by atoms with Crippen molar-refractivity contribution in [3.05, 3.63) is 71.5 Å². The van der Waals surface area contributed by atoms with Crippen molar-refractivity contribution in [1.82, 2.24) is 10.6 Å². The summed E-state index contributed by atoms with van der Waals surface area (Å²) in [5, 5.41) is 5.25. The second kappa shape index (κ2) is 8.10. The summed E-state index contributed by atoms with van der Waals surface area (Å²) >= 11 is 0. The predicted octanol–water partition coefficient (Wildman–Crippen LogP) is 2.28. The standard InChI is InChI=1S/C18H20FN3O2/c1-12(21-18(20)24)17(23)22-16(14-5-3-2-4-6-14)11-13-7-9-15(19)10-8-13/h2-10,12,16H,11H2,1H3,(H,22,23)(H3,20,21,24)/t12-,16+/m0/s1. The molecule has 0 aliphatic carbocycles. The average Bonchev–Trinajstić information content (AvgIpc) is 2.56. The van der Waals surface area contributed by atoms with Crippen LogP contribution in [0.15, 0.2) is 54.6 Å². The van der Waals surface area contributed by atoms with Gasteiger partial charge in [0.15, 0.2) is 0 Å². The van der Waals surface area contributed by atoms with Crippen LogP contribution in [0.25, 0.3) is 0 Å². The summed E-state index contributed by atoms with van der Waals surface area (Å²) in [4.78, 5) is 23.2. The van der Waals surface area contributed by atoms with Gasteiger partial charge in [-0.25, -0.2) is 9.18 Å². The van der Waals surface area contributed by atoms with Crippen LogP contribution >= 0.6 is 0 Å². The monoisotopic (exact) mass is 329 g/mol. The molecule has 0 aliphatic rings. The molecule has 0 bridgehead atoms. The molecule has 2 aromatic rings. The third-order valence-electron chi connectivity index (χ3n) is 3.62. The van der Waals surface area contributed by atoms with Crippen molar-refractivity contribution in [2.75, 3.05) is 0 Å². The zero-order valence-electron chi connectivity index (χ0n) is 13.3. The van der Waals surface area contributed by atoms with E-state index in [1.54, 1.807) is 19.1 Å². The van der Waals surface area contributed by atoms with E-state index in [2.05, 4.69) is 10.6 Å².